The number of aliphatic carboxylic acids is 1. The molecule has 0 atom stereocenters. The van der Waals surface area contributed by atoms with Gasteiger partial charge in [0, 0.05) is 30.1 Å². The van der Waals surface area contributed by atoms with E-state index in [2.05, 4.69) is 10.1 Å². The van der Waals surface area contributed by atoms with Gasteiger partial charge in [-0.25, -0.2) is 4.98 Å². The molecule has 0 saturated heterocycles. The SMILES string of the molecule is CCn1cc(-c2csc(CCCC(=O)O)n2)cn1. The molecule has 0 radical (unpaired) electrons. The van der Waals surface area contributed by atoms with Crippen LogP contribution in [0.1, 0.15) is 24.8 Å². The smallest absolute Gasteiger partial charge is 0.303 e. The minimum absolute atomic E-state index is 0.197. The maximum atomic E-state index is 10.4. The van der Waals surface area contributed by atoms with Gasteiger partial charge in [0.2, 0.25) is 0 Å². The number of aryl methyl sites for hydroxylation is 2. The molecule has 0 spiro atoms. The van der Waals surface area contributed by atoms with Crippen molar-refractivity contribution in [3.05, 3.63) is 22.8 Å². The number of carbonyl (C=O) groups is 1. The lowest BCUT2D eigenvalue weighted by atomic mass is 10.2. The van der Waals surface area contributed by atoms with Crippen molar-refractivity contribution in [1.29, 1.82) is 0 Å². The summed E-state index contributed by atoms with van der Waals surface area (Å²) >= 11 is 1.57. The molecular weight excluding hydrogens is 250 g/mol. The van der Waals surface area contributed by atoms with Gasteiger partial charge in [0.1, 0.15) is 0 Å². The number of hydrogen-bond donors (Lipinski definition) is 1. The highest BCUT2D eigenvalue weighted by molar-refractivity contribution is 7.09. The second-order valence-electron chi connectivity index (χ2n) is 3.96. The highest BCUT2D eigenvalue weighted by atomic mass is 32.1. The molecule has 0 amide bonds. The Morgan fingerprint density at radius 2 is 2.39 bits per heavy atom. The summed E-state index contributed by atoms with van der Waals surface area (Å²) in [6.07, 6.45) is 5.33. The van der Waals surface area contributed by atoms with Gasteiger partial charge in [-0.15, -0.1) is 11.3 Å². The van der Waals surface area contributed by atoms with Gasteiger partial charge in [0.05, 0.1) is 16.9 Å². The fourth-order valence-corrected chi connectivity index (χ4v) is 2.47. The summed E-state index contributed by atoms with van der Waals surface area (Å²) in [7, 11) is 0. The van der Waals surface area contributed by atoms with E-state index in [9.17, 15) is 4.79 Å². The van der Waals surface area contributed by atoms with Crippen molar-refractivity contribution < 1.29 is 9.90 Å². The van der Waals surface area contributed by atoms with Gasteiger partial charge in [0.15, 0.2) is 0 Å². The van der Waals surface area contributed by atoms with Gasteiger partial charge >= 0.3 is 5.97 Å². The second kappa shape index (κ2) is 5.77. The van der Waals surface area contributed by atoms with E-state index in [-0.39, 0.29) is 6.42 Å². The first-order valence-corrected chi connectivity index (χ1v) is 6.76. The van der Waals surface area contributed by atoms with Crippen molar-refractivity contribution in [1.82, 2.24) is 14.8 Å². The molecule has 6 heteroatoms. The van der Waals surface area contributed by atoms with Crippen LogP contribution in [-0.4, -0.2) is 25.8 Å². The summed E-state index contributed by atoms with van der Waals surface area (Å²) in [5, 5.41) is 15.8. The van der Waals surface area contributed by atoms with E-state index in [4.69, 9.17) is 5.11 Å². The largest absolute Gasteiger partial charge is 0.481 e. The quantitative estimate of drug-likeness (QED) is 0.871. The maximum Gasteiger partial charge on any atom is 0.303 e. The van der Waals surface area contributed by atoms with Crippen LogP contribution in [0.4, 0.5) is 0 Å². The molecular formula is C12H15N3O2S. The first kappa shape index (κ1) is 12.8. The van der Waals surface area contributed by atoms with Gasteiger partial charge in [-0.1, -0.05) is 0 Å². The average Bonchev–Trinajstić information content (AvgIpc) is 2.95. The molecule has 2 heterocycles. The molecule has 1 N–H and O–H groups in total. The molecule has 0 fully saturated rings. The molecule has 5 nitrogen and oxygen atoms in total. The summed E-state index contributed by atoms with van der Waals surface area (Å²) in [5.41, 5.74) is 1.93. The molecule has 0 bridgehead atoms. The zero-order valence-electron chi connectivity index (χ0n) is 10.2. The maximum absolute atomic E-state index is 10.4. The number of aromatic nitrogens is 3. The molecule has 0 aromatic carbocycles. The van der Waals surface area contributed by atoms with E-state index in [0.29, 0.717) is 6.42 Å². The van der Waals surface area contributed by atoms with E-state index >= 15 is 0 Å². The molecule has 96 valence electrons. The Morgan fingerprint density at radius 3 is 3.06 bits per heavy atom. The highest BCUT2D eigenvalue weighted by Gasteiger charge is 2.07. The number of hydrogen-bond acceptors (Lipinski definition) is 4. The molecule has 0 aliphatic heterocycles. The van der Waals surface area contributed by atoms with Crippen molar-refractivity contribution >= 4 is 17.3 Å². The minimum Gasteiger partial charge on any atom is -0.481 e. The predicted octanol–water partition coefficient (Wildman–Crippen LogP) is 2.43. The molecule has 2 aromatic rings. The van der Waals surface area contributed by atoms with Crippen molar-refractivity contribution in [3.8, 4) is 11.3 Å². The number of carboxylic acids is 1. The van der Waals surface area contributed by atoms with Crippen molar-refractivity contribution in [2.45, 2.75) is 32.7 Å². The lowest BCUT2D eigenvalue weighted by molar-refractivity contribution is -0.137. The Kier molecular flexibility index (Phi) is 4.09. The fraction of sp³-hybridized carbons (Fsp3) is 0.417. The van der Waals surface area contributed by atoms with Crippen LogP contribution in [0.5, 0.6) is 0 Å². The van der Waals surface area contributed by atoms with Crippen LogP contribution in [-0.2, 0) is 17.8 Å². The predicted molar refractivity (Wildman–Crippen MR) is 69.6 cm³/mol. The van der Waals surface area contributed by atoms with E-state index in [1.165, 1.54) is 0 Å². The molecule has 18 heavy (non-hydrogen) atoms. The van der Waals surface area contributed by atoms with E-state index in [1.54, 1.807) is 17.5 Å². The standard InChI is InChI=1S/C12H15N3O2S/c1-2-15-7-9(6-13-15)10-8-18-11(14-10)4-3-5-12(16)17/h6-8H,2-5H2,1H3,(H,16,17). The summed E-state index contributed by atoms with van der Waals surface area (Å²) < 4.78 is 1.86. The first-order valence-electron chi connectivity index (χ1n) is 5.88. The third kappa shape index (κ3) is 3.16. The zero-order chi connectivity index (χ0) is 13.0. The third-order valence-electron chi connectivity index (χ3n) is 2.59. The van der Waals surface area contributed by atoms with Crippen molar-refractivity contribution in [2.75, 3.05) is 0 Å². The van der Waals surface area contributed by atoms with E-state index < -0.39 is 5.97 Å². The minimum atomic E-state index is -0.754. The fourth-order valence-electron chi connectivity index (χ4n) is 1.62. The second-order valence-corrected chi connectivity index (χ2v) is 4.90. The van der Waals surface area contributed by atoms with Crippen LogP contribution in [0.25, 0.3) is 11.3 Å². The van der Waals surface area contributed by atoms with E-state index in [0.717, 1.165) is 29.2 Å². The summed E-state index contributed by atoms with van der Waals surface area (Å²) in [6, 6.07) is 0. The van der Waals surface area contributed by atoms with Crippen LogP contribution in [0.15, 0.2) is 17.8 Å². The van der Waals surface area contributed by atoms with Gasteiger partial charge in [-0.3, -0.25) is 9.48 Å². The molecule has 0 aliphatic carbocycles. The summed E-state index contributed by atoms with van der Waals surface area (Å²) in [6.45, 7) is 2.88. The Labute approximate surface area is 109 Å². The first-order chi connectivity index (χ1) is 8.69. The molecule has 0 aliphatic rings. The monoisotopic (exact) mass is 265 g/mol. The number of rotatable bonds is 6. The zero-order valence-corrected chi connectivity index (χ0v) is 11.0. The topological polar surface area (TPSA) is 68.0 Å². The van der Waals surface area contributed by atoms with Crippen LogP contribution in [0.2, 0.25) is 0 Å². The summed E-state index contributed by atoms with van der Waals surface area (Å²) in [4.78, 5) is 14.9. The summed E-state index contributed by atoms with van der Waals surface area (Å²) in [5.74, 6) is -0.754. The lowest BCUT2D eigenvalue weighted by Gasteiger charge is -1.93. The highest BCUT2D eigenvalue weighted by Crippen LogP contribution is 2.22. The Balaban J connectivity index is 1.99. The molecule has 2 aromatic heterocycles. The molecule has 0 saturated carbocycles. The lowest BCUT2D eigenvalue weighted by Crippen LogP contribution is -1.95. The third-order valence-corrected chi connectivity index (χ3v) is 3.49. The Morgan fingerprint density at radius 1 is 1.56 bits per heavy atom. The van der Waals surface area contributed by atoms with Gasteiger partial charge in [-0.05, 0) is 19.8 Å². The molecule has 0 unspecified atom stereocenters. The van der Waals surface area contributed by atoms with Crippen molar-refractivity contribution in [3.63, 3.8) is 0 Å². The van der Waals surface area contributed by atoms with Gasteiger partial charge in [-0.2, -0.15) is 5.10 Å². The van der Waals surface area contributed by atoms with Crippen LogP contribution in [0.3, 0.4) is 0 Å². The van der Waals surface area contributed by atoms with Crippen LogP contribution in [0, 0.1) is 0 Å². The number of thiazole rings is 1. The molecule has 2 rings (SSSR count). The van der Waals surface area contributed by atoms with Crippen LogP contribution >= 0.6 is 11.3 Å². The number of carboxylic acid groups (broad SMARTS) is 1. The van der Waals surface area contributed by atoms with Gasteiger partial charge < -0.3 is 5.11 Å². The number of nitrogens with zero attached hydrogens (tertiary/aromatic N) is 3. The normalized spacial score (nSPS) is 10.7. The van der Waals surface area contributed by atoms with Crippen LogP contribution < -0.4 is 0 Å². The Hall–Kier alpha value is -1.69. The average molecular weight is 265 g/mol. The van der Waals surface area contributed by atoms with Gasteiger partial charge in [0.25, 0.3) is 0 Å². The van der Waals surface area contributed by atoms with Crippen molar-refractivity contribution in [2.24, 2.45) is 0 Å². The Bertz CT molecular complexity index is 533. The van der Waals surface area contributed by atoms with E-state index in [1.807, 2.05) is 23.2 Å².